The Kier molecular flexibility index (Phi) is 5.74. The van der Waals surface area contributed by atoms with E-state index in [1.165, 1.54) is 19.0 Å². The second-order valence-electron chi connectivity index (χ2n) is 3.25. The Morgan fingerprint density at radius 3 is 2.06 bits per heavy atom. The van der Waals surface area contributed by atoms with Gasteiger partial charge in [-0.15, -0.1) is 0 Å². The van der Waals surface area contributed by atoms with Gasteiger partial charge >= 0.3 is 0 Å². The summed E-state index contributed by atoms with van der Waals surface area (Å²) in [6.45, 7) is 4.00. The van der Waals surface area contributed by atoms with Crippen molar-refractivity contribution in [3.8, 4) is 11.5 Å². The number of aldehydes is 1. The van der Waals surface area contributed by atoms with Gasteiger partial charge in [0.1, 0.15) is 0 Å². The zero-order chi connectivity index (χ0) is 13.6. The van der Waals surface area contributed by atoms with Crippen LogP contribution in [0.4, 0.5) is 0 Å². The smallest absolute Gasteiger partial charge is 0.254 e. The highest BCUT2D eigenvalue weighted by molar-refractivity contribution is 6.02. The monoisotopic (exact) mass is 239 g/mol. The Morgan fingerprint density at radius 1 is 1.18 bits per heavy atom. The van der Waals surface area contributed by atoms with E-state index in [2.05, 4.69) is 0 Å². The van der Waals surface area contributed by atoms with Crippen molar-refractivity contribution in [3.63, 3.8) is 0 Å². The molecule has 17 heavy (non-hydrogen) atoms. The normalized spacial score (nSPS) is 8.94. The van der Waals surface area contributed by atoms with Gasteiger partial charge in [0.25, 0.3) is 5.91 Å². The fourth-order valence-electron chi connectivity index (χ4n) is 1.12. The molecule has 1 aromatic carbocycles. The minimum absolute atomic E-state index is 0.0454. The zero-order valence-electron chi connectivity index (χ0n) is 10.4. The quantitative estimate of drug-likeness (QED) is 0.607. The maximum absolute atomic E-state index is 11.6. The second-order valence-corrected chi connectivity index (χ2v) is 3.25. The molecule has 0 aliphatic rings. The van der Waals surface area contributed by atoms with Crippen LogP contribution in [0.5, 0.6) is 11.5 Å². The molecule has 0 aliphatic carbocycles. The van der Waals surface area contributed by atoms with E-state index in [1.807, 2.05) is 13.8 Å². The average molecular weight is 239 g/mol. The van der Waals surface area contributed by atoms with Gasteiger partial charge < -0.3 is 15.1 Å². The van der Waals surface area contributed by atoms with Crippen LogP contribution >= 0.6 is 0 Å². The van der Waals surface area contributed by atoms with Crippen molar-refractivity contribution in [2.24, 2.45) is 0 Å². The number of aromatic hydroxyl groups is 2. The predicted molar refractivity (Wildman–Crippen MR) is 64.5 cm³/mol. The first-order valence-electron chi connectivity index (χ1n) is 5.20. The summed E-state index contributed by atoms with van der Waals surface area (Å²) in [6.07, 6.45) is 0.454. The summed E-state index contributed by atoms with van der Waals surface area (Å²) < 4.78 is 0. The van der Waals surface area contributed by atoms with E-state index < -0.39 is 17.4 Å². The number of carbonyl (C=O) groups is 2. The van der Waals surface area contributed by atoms with Crippen LogP contribution in [0, 0.1) is 0 Å². The molecule has 1 rings (SSSR count). The first kappa shape index (κ1) is 15.0. The molecule has 0 bridgehead atoms. The number of carbonyl (C=O) groups excluding carboxylic acids is 2. The van der Waals surface area contributed by atoms with Crippen molar-refractivity contribution in [1.29, 1.82) is 0 Å². The Labute approximate surface area is 100 Å². The average Bonchev–Trinajstić information content (AvgIpc) is 2.33. The number of rotatable bonds is 2. The molecule has 1 amide bonds. The lowest BCUT2D eigenvalue weighted by molar-refractivity contribution is 0.0823. The largest absolute Gasteiger partial charge is 0.504 e. The fourth-order valence-corrected chi connectivity index (χ4v) is 1.12. The number of hydrogen-bond acceptors (Lipinski definition) is 4. The van der Waals surface area contributed by atoms with E-state index in [9.17, 15) is 14.7 Å². The minimum Gasteiger partial charge on any atom is -0.504 e. The number of benzene rings is 1. The summed E-state index contributed by atoms with van der Waals surface area (Å²) in [5.41, 5.74) is 0.106. The van der Waals surface area contributed by atoms with Gasteiger partial charge in [0.2, 0.25) is 0 Å². The number of nitrogens with zero attached hydrogens (tertiary/aromatic N) is 1. The molecule has 0 fully saturated rings. The van der Waals surface area contributed by atoms with Crippen LogP contribution in [0.15, 0.2) is 12.1 Å². The Hall–Kier alpha value is -2.04. The van der Waals surface area contributed by atoms with E-state index >= 15 is 0 Å². The number of hydrogen-bond donors (Lipinski definition) is 2. The molecule has 0 aliphatic heterocycles. The molecule has 0 aromatic heterocycles. The Bertz CT molecular complexity index is 413. The van der Waals surface area contributed by atoms with Crippen LogP contribution in [0.3, 0.4) is 0 Å². The second kappa shape index (κ2) is 6.52. The number of amides is 1. The molecule has 94 valence electrons. The van der Waals surface area contributed by atoms with Gasteiger partial charge in [-0.1, -0.05) is 13.8 Å². The fraction of sp³-hybridized carbons (Fsp3) is 0.333. The SMILES string of the molecule is CC.CN(C)C(=O)c1cc(O)c(O)cc1C=O. The standard InChI is InChI=1S/C10H11NO4.C2H6/c1-11(2)10(15)7-4-9(14)8(13)3-6(7)5-12;1-2/h3-5,13-14H,1-2H3;1-2H3. The lowest BCUT2D eigenvalue weighted by Gasteiger charge is -2.12. The summed E-state index contributed by atoms with van der Waals surface area (Å²) in [5.74, 6) is -1.26. The third-order valence-corrected chi connectivity index (χ3v) is 1.91. The van der Waals surface area contributed by atoms with Crippen LogP contribution in [0.1, 0.15) is 34.6 Å². The lowest BCUT2D eigenvalue weighted by atomic mass is 10.1. The van der Waals surface area contributed by atoms with Gasteiger partial charge in [-0.25, -0.2) is 0 Å². The van der Waals surface area contributed by atoms with Gasteiger partial charge in [-0.3, -0.25) is 9.59 Å². The third-order valence-electron chi connectivity index (χ3n) is 1.91. The van der Waals surface area contributed by atoms with Crippen molar-refractivity contribution < 1.29 is 19.8 Å². The molecule has 1 aromatic rings. The van der Waals surface area contributed by atoms with E-state index in [0.717, 1.165) is 12.1 Å². The predicted octanol–water partition coefficient (Wildman–Crippen LogP) is 1.64. The first-order chi connectivity index (χ1) is 7.97. The highest BCUT2D eigenvalue weighted by atomic mass is 16.3. The molecule has 0 saturated heterocycles. The third kappa shape index (κ3) is 3.48. The topological polar surface area (TPSA) is 77.8 Å². The van der Waals surface area contributed by atoms with Gasteiger partial charge in [-0.05, 0) is 12.1 Å². The highest BCUT2D eigenvalue weighted by Gasteiger charge is 2.16. The van der Waals surface area contributed by atoms with E-state index in [1.54, 1.807) is 0 Å². The van der Waals surface area contributed by atoms with Crippen LogP contribution < -0.4 is 0 Å². The van der Waals surface area contributed by atoms with Crippen LogP contribution in [0.25, 0.3) is 0 Å². The van der Waals surface area contributed by atoms with Crippen LogP contribution in [-0.2, 0) is 0 Å². The van der Waals surface area contributed by atoms with Crippen molar-refractivity contribution in [2.45, 2.75) is 13.8 Å². The number of phenols is 2. The molecular formula is C12H17NO4. The lowest BCUT2D eigenvalue weighted by Crippen LogP contribution is -2.22. The van der Waals surface area contributed by atoms with Gasteiger partial charge in [0, 0.05) is 19.7 Å². The molecule has 0 radical (unpaired) electrons. The van der Waals surface area contributed by atoms with Crippen molar-refractivity contribution >= 4 is 12.2 Å². The van der Waals surface area contributed by atoms with Crippen LogP contribution in [0.2, 0.25) is 0 Å². The molecule has 0 spiro atoms. The number of phenolic OH excluding ortho intramolecular Hbond substituents is 2. The van der Waals surface area contributed by atoms with Gasteiger partial charge in [-0.2, -0.15) is 0 Å². The minimum atomic E-state index is -0.425. The van der Waals surface area contributed by atoms with Crippen molar-refractivity contribution in [3.05, 3.63) is 23.3 Å². The molecule has 0 unspecified atom stereocenters. The molecule has 5 heteroatoms. The van der Waals surface area contributed by atoms with Crippen LogP contribution in [-0.4, -0.2) is 41.4 Å². The molecule has 0 atom stereocenters. The van der Waals surface area contributed by atoms with E-state index in [4.69, 9.17) is 5.11 Å². The molecule has 5 nitrogen and oxygen atoms in total. The highest BCUT2D eigenvalue weighted by Crippen LogP contribution is 2.28. The molecule has 2 N–H and O–H groups in total. The summed E-state index contributed by atoms with van der Waals surface area (Å²) in [5, 5.41) is 18.4. The maximum atomic E-state index is 11.6. The molecule has 0 heterocycles. The Balaban J connectivity index is 0.00000121. The van der Waals surface area contributed by atoms with E-state index in [-0.39, 0.29) is 11.1 Å². The summed E-state index contributed by atoms with van der Waals surface area (Å²) >= 11 is 0. The van der Waals surface area contributed by atoms with Crippen molar-refractivity contribution in [2.75, 3.05) is 14.1 Å². The zero-order valence-corrected chi connectivity index (χ0v) is 10.4. The van der Waals surface area contributed by atoms with Gasteiger partial charge in [0.05, 0.1) is 5.56 Å². The maximum Gasteiger partial charge on any atom is 0.254 e. The van der Waals surface area contributed by atoms with Gasteiger partial charge in [0.15, 0.2) is 17.8 Å². The molecular weight excluding hydrogens is 222 g/mol. The Morgan fingerprint density at radius 2 is 1.65 bits per heavy atom. The van der Waals surface area contributed by atoms with Crippen molar-refractivity contribution in [1.82, 2.24) is 4.90 Å². The summed E-state index contributed by atoms with van der Waals surface area (Å²) in [7, 11) is 3.06. The summed E-state index contributed by atoms with van der Waals surface area (Å²) in [4.78, 5) is 23.5. The summed E-state index contributed by atoms with van der Waals surface area (Å²) in [6, 6.07) is 2.13. The van der Waals surface area contributed by atoms with E-state index in [0.29, 0.717) is 6.29 Å². The first-order valence-corrected chi connectivity index (χ1v) is 5.20. The molecule has 0 saturated carbocycles.